The average Bonchev–Trinajstić information content (AvgIpc) is 3.43. The molecule has 0 aliphatic carbocycles. The monoisotopic (exact) mass is 621 g/mol. The quantitative estimate of drug-likeness (QED) is 0.221. The van der Waals surface area contributed by atoms with Crippen LogP contribution in [0.15, 0.2) is 54.7 Å². The number of rotatable bonds is 11. The summed E-state index contributed by atoms with van der Waals surface area (Å²) in [6, 6.07) is 14.6. The molecule has 4 aromatic rings. The van der Waals surface area contributed by atoms with Gasteiger partial charge >= 0.3 is 6.09 Å². The number of fused-ring (bicyclic) bond motifs is 1. The van der Waals surface area contributed by atoms with Crippen LogP contribution in [0, 0.1) is 0 Å². The zero-order valence-corrected chi connectivity index (χ0v) is 25.4. The van der Waals surface area contributed by atoms with Crippen LogP contribution >= 0.6 is 11.6 Å². The van der Waals surface area contributed by atoms with E-state index >= 15 is 0 Å². The van der Waals surface area contributed by atoms with Gasteiger partial charge in [-0.15, -0.1) is 0 Å². The highest BCUT2D eigenvalue weighted by Gasteiger charge is 2.28. The highest BCUT2D eigenvalue weighted by Crippen LogP contribution is 2.35. The van der Waals surface area contributed by atoms with Crippen LogP contribution in [-0.4, -0.2) is 63.1 Å². The van der Waals surface area contributed by atoms with E-state index in [1.807, 2.05) is 41.3 Å². The lowest BCUT2D eigenvalue weighted by Gasteiger charge is -2.27. The molecule has 0 spiro atoms. The highest BCUT2D eigenvalue weighted by molar-refractivity contribution is 6.30. The predicted molar refractivity (Wildman–Crippen MR) is 165 cm³/mol. The van der Waals surface area contributed by atoms with Crippen molar-refractivity contribution in [2.24, 2.45) is 0 Å². The maximum atomic E-state index is 12.5. The molecule has 44 heavy (non-hydrogen) atoms. The number of ether oxygens (including phenoxy) is 5. The maximum Gasteiger partial charge on any atom is 0.413 e. The summed E-state index contributed by atoms with van der Waals surface area (Å²) in [5.74, 6) is 3.06. The van der Waals surface area contributed by atoms with Crippen LogP contribution in [0.5, 0.6) is 23.0 Å². The third-order valence-electron chi connectivity index (χ3n) is 7.15. The van der Waals surface area contributed by atoms with Gasteiger partial charge in [0.1, 0.15) is 39.8 Å². The maximum absolute atomic E-state index is 12.5. The summed E-state index contributed by atoms with van der Waals surface area (Å²) in [5.41, 5.74) is 1.75. The van der Waals surface area contributed by atoms with Crippen LogP contribution in [0.4, 0.5) is 16.4 Å². The Bertz CT molecular complexity index is 1630. The second-order valence-electron chi connectivity index (χ2n) is 9.87. The number of hydrogen-bond acceptors (Lipinski definition) is 10. The molecule has 1 aliphatic heterocycles. The van der Waals surface area contributed by atoms with Crippen molar-refractivity contribution in [2.45, 2.75) is 25.6 Å². The number of amides is 2. The number of aromatic nitrogens is 2. The first-order valence-electron chi connectivity index (χ1n) is 13.7. The largest absolute Gasteiger partial charge is 0.497 e. The van der Waals surface area contributed by atoms with E-state index in [0.29, 0.717) is 65.6 Å². The molecule has 1 atom stereocenters. The van der Waals surface area contributed by atoms with Crippen molar-refractivity contribution < 1.29 is 33.3 Å². The molecule has 230 valence electrons. The molecule has 12 nitrogen and oxygen atoms in total. The van der Waals surface area contributed by atoms with Crippen LogP contribution in [0.3, 0.4) is 0 Å². The van der Waals surface area contributed by atoms with E-state index in [2.05, 4.69) is 15.6 Å². The van der Waals surface area contributed by atoms with Crippen molar-refractivity contribution in [1.29, 1.82) is 0 Å². The van der Waals surface area contributed by atoms with Crippen molar-refractivity contribution in [1.82, 2.24) is 15.3 Å². The van der Waals surface area contributed by atoms with E-state index in [9.17, 15) is 9.59 Å². The number of pyridine rings is 2. The van der Waals surface area contributed by atoms with Gasteiger partial charge in [0.25, 0.3) is 5.91 Å². The molecule has 0 radical (unpaired) electrons. The fourth-order valence-electron chi connectivity index (χ4n) is 4.94. The highest BCUT2D eigenvalue weighted by atomic mass is 35.5. The van der Waals surface area contributed by atoms with Crippen LogP contribution < -0.4 is 34.5 Å². The van der Waals surface area contributed by atoms with Gasteiger partial charge in [0, 0.05) is 60.9 Å². The number of nitrogens with zero attached hydrogens (tertiary/aromatic N) is 3. The van der Waals surface area contributed by atoms with Crippen molar-refractivity contribution in [3.63, 3.8) is 0 Å². The summed E-state index contributed by atoms with van der Waals surface area (Å²) >= 11 is 6.56. The lowest BCUT2D eigenvalue weighted by atomic mass is 10.1. The first-order valence-corrected chi connectivity index (χ1v) is 14.1. The molecule has 1 saturated heterocycles. The molecule has 2 aromatic heterocycles. The zero-order valence-electron chi connectivity index (χ0n) is 24.7. The van der Waals surface area contributed by atoms with E-state index in [-0.39, 0.29) is 16.9 Å². The molecule has 0 bridgehead atoms. The fraction of sp³-hybridized carbons (Fsp3) is 0.290. The number of hydrogen-bond donors (Lipinski definition) is 2. The molecule has 0 unspecified atom stereocenters. The van der Waals surface area contributed by atoms with E-state index in [4.69, 9.17) is 40.3 Å². The summed E-state index contributed by atoms with van der Waals surface area (Å²) in [5, 5.41) is 6.83. The molecule has 13 heteroatoms. The normalized spacial score (nSPS) is 14.1. The third kappa shape index (κ3) is 6.81. The summed E-state index contributed by atoms with van der Waals surface area (Å²) in [4.78, 5) is 35.4. The Labute approximate surface area is 259 Å². The molecule has 0 saturated carbocycles. The minimum atomic E-state index is -0.834. The van der Waals surface area contributed by atoms with Gasteiger partial charge in [-0.1, -0.05) is 11.6 Å². The van der Waals surface area contributed by atoms with E-state index < -0.39 is 12.2 Å². The number of carbonyl (C=O) groups excluding carboxylic acids is 2. The Hall–Kier alpha value is -4.97. The van der Waals surface area contributed by atoms with Gasteiger partial charge in [-0.2, -0.15) is 0 Å². The molecule has 2 amide bonds. The van der Waals surface area contributed by atoms with E-state index in [1.54, 1.807) is 46.8 Å². The molecule has 3 heterocycles. The number of anilines is 2. The molecule has 1 aliphatic rings. The standard InChI is InChI=1S/C31H32ClN5O7/c1-40-21-7-5-18(25(13-21)42-3)16-37(17-19-6-8-22(41-2)14-26(19)43-4)29-23-15-34-28(12-20(23)11-27(32)35-29)36-31(39)44-24-9-10-33-30(24)38/h5-8,11-15,24H,9-10,16-17H2,1-4H3,(H,33,38)(H,34,36,39)/t24-/m1/s1. The van der Waals surface area contributed by atoms with Crippen LogP contribution in [0.1, 0.15) is 17.5 Å². The minimum absolute atomic E-state index is 0.231. The smallest absolute Gasteiger partial charge is 0.413 e. The molecular weight excluding hydrogens is 590 g/mol. The first-order chi connectivity index (χ1) is 21.3. The molecular formula is C31H32ClN5O7. The lowest BCUT2D eigenvalue weighted by molar-refractivity contribution is -0.126. The van der Waals surface area contributed by atoms with Gasteiger partial charge in [0.2, 0.25) is 0 Å². The number of carbonyl (C=O) groups is 2. The second kappa shape index (κ2) is 13.6. The van der Waals surface area contributed by atoms with E-state index in [1.165, 1.54) is 0 Å². The van der Waals surface area contributed by atoms with Gasteiger partial charge in [0.05, 0.1) is 28.4 Å². The van der Waals surface area contributed by atoms with E-state index in [0.717, 1.165) is 11.1 Å². The Morgan fingerprint density at radius 3 is 2.14 bits per heavy atom. The molecule has 5 rings (SSSR count). The minimum Gasteiger partial charge on any atom is -0.497 e. The van der Waals surface area contributed by atoms with Gasteiger partial charge in [-0.25, -0.2) is 14.8 Å². The van der Waals surface area contributed by atoms with Crippen molar-refractivity contribution in [3.8, 4) is 23.0 Å². The van der Waals surface area contributed by atoms with Gasteiger partial charge < -0.3 is 33.9 Å². The molecule has 2 aromatic carbocycles. The second-order valence-corrected chi connectivity index (χ2v) is 10.3. The SMILES string of the molecule is COc1ccc(CN(Cc2ccc(OC)cc2OC)c2nc(Cl)cc3cc(NC(=O)O[C@@H]4CCNC4=O)ncc23)c(OC)c1. The summed E-state index contributed by atoms with van der Waals surface area (Å²) in [6.45, 7) is 1.21. The predicted octanol–water partition coefficient (Wildman–Crippen LogP) is 4.96. The van der Waals surface area contributed by atoms with Gasteiger partial charge in [-0.05, 0) is 41.8 Å². The Morgan fingerprint density at radius 2 is 1.59 bits per heavy atom. The topological polar surface area (TPSA) is 133 Å². The molecule has 1 fully saturated rings. The van der Waals surface area contributed by atoms with Crippen molar-refractivity contribution >= 4 is 46.0 Å². The number of methoxy groups -OCH3 is 4. The Morgan fingerprint density at radius 1 is 0.955 bits per heavy atom. The zero-order chi connectivity index (χ0) is 31.2. The number of nitrogens with one attached hydrogen (secondary N) is 2. The number of benzene rings is 2. The van der Waals surface area contributed by atoms with Gasteiger partial charge in [-0.3, -0.25) is 10.1 Å². The fourth-order valence-corrected chi connectivity index (χ4v) is 5.14. The first kappa shape index (κ1) is 30.5. The summed E-state index contributed by atoms with van der Waals surface area (Å²) < 4.78 is 27.4. The Balaban J connectivity index is 1.52. The number of halogens is 1. The van der Waals surface area contributed by atoms with Crippen LogP contribution in [0.25, 0.3) is 10.8 Å². The molecule has 2 N–H and O–H groups in total. The van der Waals surface area contributed by atoms with Crippen LogP contribution in [0.2, 0.25) is 5.15 Å². The van der Waals surface area contributed by atoms with Gasteiger partial charge in [0.15, 0.2) is 6.10 Å². The average molecular weight is 622 g/mol. The van der Waals surface area contributed by atoms with Crippen molar-refractivity contribution in [3.05, 3.63) is 71.0 Å². The summed E-state index contributed by atoms with van der Waals surface area (Å²) in [6.07, 6.45) is 0.406. The third-order valence-corrected chi connectivity index (χ3v) is 7.35. The Kier molecular flexibility index (Phi) is 9.39. The summed E-state index contributed by atoms with van der Waals surface area (Å²) in [7, 11) is 6.40. The van der Waals surface area contributed by atoms with Crippen LogP contribution in [-0.2, 0) is 22.6 Å². The van der Waals surface area contributed by atoms with Crippen molar-refractivity contribution in [2.75, 3.05) is 45.2 Å². The lowest BCUT2D eigenvalue weighted by Crippen LogP contribution is -2.29.